The third kappa shape index (κ3) is 5.03. The second-order valence-corrected chi connectivity index (χ2v) is 7.23. The summed E-state index contributed by atoms with van der Waals surface area (Å²) in [6, 6.07) is 13.9. The van der Waals surface area contributed by atoms with Crippen molar-refractivity contribution in [1.82, 2.24) is 4.90 Å². The maximum Gasteiger partial charge on any atom is 0.306 e. The second-order valence-electron chi connectivity index (χ2n) is 6.35. The molecular formula is C21H20N2O5S. The summed E-state index contributed by atoms with van der Waals surface area (Å²) in [6.07, 6.45) is 2.23. The van der Waals surface area contributed by atoms with Crippen LogP contribution in [0.2, 0.25) is 0 Å². The number of carbonyl (C=O) groups excluding carboxylic acids is 4. The van der Waals surface area contributed by atoms with Crippen LogP contribution < -0.4 is 5.32 Å². The summed E-state index contributed by atoms with van der Waals surface area (Å²) >= 11 is 1.60. The lowest BCUT2D eigenvalue weighted by atomic mass is 10.1. The number of fused-ring (bicyclic) bond motifs is 1. The fourth-order valence-corrected chi connectivity index (χ4v) is 3.32. The zero-order valence-corrected chi connectivity index (χ0v) is 16.7. The third-order valence-electron chi connectivity index (χ3n) is 4.38. The van der Waals surface area contributed by atoms with Gasteiger partial charge in [-0.05, 0) is 49.1 Å². The predicted molar refractivity (Wildman–Crippen MR) is 109 cm³/mol. The molecule has 3 rings (SSSR count). The van der Waals surface area contributed by atoms with E-state index in [1.54, 1.807) is 48.2 Å². The van der Waals surface area contributed by atoms with E-state index in [9.17, 15) is 19.2 Å². The van der Waals surface area contributed by atoms with Crippen molar-refractivity contribution in [2.45, 2.75) is 17.7 Å². The fourth-order valence-electron chi connectivity index (χ4n) is 2.91. The summed E-state index contributed by atoms with van der Waals surface area (Å²) in [4.78, 5) is 50.4. The van der Waals surface area contributed by atoms with Crippen LogP contribution in [0.1, 0.15) is 33.6 Å². The molecule has 0 saturated heterocycles. The Morgan fingerprint density at radius 3 is 2.21 bits per heavy atom. The van der Waals surface area contributed by atoms with Gasteiger partial charge in [-0.3, -0.25) is 24.1 Å². The monoisotopic (exact) mass is 412 g/mol. The number of esters is 1. The van der Waals surface area contributed by atoms with E-state index in [1.807, 2.05) is 18.4 Å². The summed E-state index contributed by atoms with van der Waals surface area (Å²) in [5.74, 6) is -1.71. The van der Waals surface area contributed by atoms with Crippen molar-refractivity contribution in [2.75, 3.05) is 24.7 Å². The van der Waals surface area contributed by atoms with Crippen LogP contribution in [0.5, 0.6) is 0 Å². The number of nitrogens with one attached hydrogen (secondary N) is 1. The van der Waals surface area contributed by atoms with E-state index in [2.05, 4.69) is 5.32 Å². The lowest BCUT2D eigenvalue weighted by molar-refractivity contribution is -0.147. The molecule has 1 aliphatic rings. The number of carbonyl (C=O) groups is 4. The zero-order valence-electron chi connectivity index (χ0n) is 15.8. The normalized spacial score (nSPS) is 12.7. The van der Waals surface area contributed by atoms with Gasteiger partial charge in [0.05, 0.1) is 11.1 Å². The average molecular weight is 412 g/mol. The second kappa shape index (κ2) is 9.38. The molecule has 0 unspecified atom stereocenters. The molecule has 1 N–H and O–H groups in total. The molecule has 29 heavy (non-hydrogen) atoms. The minimum Gasteiger partial charge on any atom is -0.456 e. The molecule has 8 heteroatoms. The van der Waals surface area contributed by atoms with Crippen LogP contribution in [-0.2, 0) is 14.3 Å². The van der Waals surface area contributed by atoms with Gasteiger partial charge in [-0.1, -0.05) is 12.1 Å². The van der Waals surface area contributed by atoms with Gasteiger partial charge in [0.1, 0.15) is 0 Å². The molecule has 1 heterocycles. The first kappa shape index (κ1) is 20.6. The van der Waals surface area contributed by atoms with Crippen LogP contribution in [0.3, 0.4) is 0 Å². The number of nitrogens with zero attached hydrogens (tertiary/aromatic N) is 1. The Balaban J connectivity index is 1.38. The van der Waals surface area contributed by atoms with E-state index in [4.69, 9.17) is 4.74 Å². The van der Waals surface area contributed by atoms with Crippen LogP contribution in [0.15, 0.2) is 53.4 Å². The molecule has 0 aliphatic carbocycles. The van der Waals surface area contributed by atoms with Crippen molar-refractivity contribution in [3.63, 3.8) is 0 Å². The molecule has 0 spiro atoms. The Bertz CT molecular complexity index is 907. The molecule has 3 amide bonds. The minimum absolute atomic E-state index is 0.00308. The van der Waals surface area contributed by atoms with Gasteiger partial charge in [-0.2, -0.15) is 0 Å². The molecule has 150 valence electrons. The number of imide groups is 1. The number of amides is 3. The number of benzene rings is 2. The van der Waals surface area contributed by atoms with Crippen LogP contribution in [-0.4, -0.2) is 48.0 Å². The molecule has 0 fully saturated rings. The van der Waals surface area contributed by atoms with Gasteiger partial charge in [0.25, 0.3) is 17.7 Å². The summed E-state index contributed by atoms with van der Waals surface area (Å²) in [5.41, 5.74) is 1.37. The van der Waals surface area contributed by atoms with Crippen molar-refractivity contribution in [3.05, 3.63) is 59.7 Å². The molecule has 0 radical (unpaired) electrons. The molecule has 7 nitrogen and oxygen atoms in total. The molecular weight excluding hydrogens is 392 g/mol. The Morgan fingerprint density at radius 2 is 1.62 bits per heavy atom. The number of ether oxygens (including phenoxy) is 1. The number of hydrogen-bond acceptors (Lipinski definition) is 6. The molecule has 2 aromatic rings. The highest BCUT2D eigenvalue weighted by Crippen LogP contribution is 2.22. The quantitative estimate of drug-likeness (QED) is 0.407. The number of anilines is 1. The first-order valence-electron chi connectivity index (χ1n) is 9.04. The van der Waals surface area contributed by atoms with Gasteiger partial charge in [0, 0.05) is 23.5 Å². The maximum absolute atomic E-state index is 12.2. The molecule has 0 bridgehead atoms. The van der Waals surface area contributed by atoms with Crippen LogP contribution in [0.25, 0.3) is 0 Å². The lowest BCUT2D eigenvalue weighted by Crippen LogP contribution is -2.31. The molecule has 0 atom stereocenters. The summed E-state index contributed by atoms with van der Waals surface area (Å²) in [5, 5.41) is 2.65. The van der Waals surface area contributed by atoms with E-state index < -0.39 is 18.5 Å². The van der Waals surface area contributed by atoms with Crippen molar-refractivity contribution in [2.24, 2.45) is 0 Å². The number of hydrogen-bond donors (Lipinski definition) is 1. The van der Waals surface area contributed by atoms with Crippen molar-refractivity contribution >= 4 is 41.1 Å². The van der Waals surface area contributed by atoms with Gasteiger partial charge < -0.3 is 10.1 Å². The highest BCUT2D eigenvalue weighted by atomic mass is 32.2. The van der Waals surface area contributed by atoms with E-state index in [1.165, 1.54) is 0 Å². The van der Waals surface area contributed by atoms with E-state index in [0.29, 0.717) is 16.8 Å². The van der Waals surface area contributed by atoms with Crippen molar-refractivity contribution in [3.8, 4) is 0 Å². The van der Waals surface area contributed by atoms with Gasteiger partial charge in [-0.25, -0.2) is 0 Å². The van der Waals surface area contributed by atoms with E-state index in [0.717, 1.165) is 9.80 Å². The first-order valence-corrected chi connectivity index (χ1v) is 10.3. The third-order valence-corrected chi connectivity index (χ3v) is 5.12. The zero-order chi connectivity index (χ0) is 20.8. The summed E-state index contributed by atoms with van der Waals surface area (Å²) in [6.45, 7) is -0.272. The molecule has 2 aromatic carbocycles. The summed E-state index contributed by atoms with van der Waals surface area (Å²) in [7, 11) is 0. The Kier molecular flexibility index (Phi) is 6.66. The lowest BCUT2D eigenvalue weighted by Gasteiger charge is -2.13. The molecule has 1 aliphatic heterocycles. The van der Waals surface area contributed by atoms with Crippen LogP contribution in [0.4, 0.5) is 5.69 Å². The fraction of sp³-hybridized carbons (Fsp3) is 0.238. The largest absolute Gasteiger partial charge is 0.456 e. The standard InChI is InChI=1S/C21H20N2O5S/c1-29-15-10-8-14(9-11-15)22-18(24)13-28-19(25)7-4-12-23-20(26)16-5-2-3-6-17(16)21(23)27/h2-3,5-6,8-11H,4,7,12-13H2,1H3,(H,22,24). The van der Waals surface area contributed by atoms with Gasteiger partial charge in [0.2, 0.25) is 0 Å². The van der Waals surface area contributed by atoms with Gasteiger partial charge in [0.15, 0.2) is 6.61 Å². The van der Waals surface area contributed by atoms with Gasteiger partial charge >= 0.3 is 5.97 Å². The topological polar surface area (TPSA) is 92.8 Å². The van der Waals surface area contributed by atoms with Crippen LogP contribution in [0, 0.1) is 0 Å². The first-order chi connectivity index (χ1) is 14.0. The average Bonchev–Trinajstić information content (AvgIpc) is 2.98. The number of thioether (sulfide) groups is 1. The highest BCUT2D eigenvalue weighted by Gasteiger charge is 2.34. The van der Waals surface area contributed by atoms with Crippen LogP contribution >= 0.6 is 11.8 Å². The number of rotatable bonds is 8. The molecule has 0 aromatic heterocycles. The highest BCUT2D eigenvalue weighted by molar-refractivity contribution is 7.98. The molecule has 0 saturated carbocycles. The van der Waals surface area contributed by atoms with Crippen molar-refractivity contribution < 1.29 is 23.9 Å². The smallest absolute Gasteiger partial charge is 0.306 e. The predicted octanol–water partition coefficient (Wildman–Crippen LogP) is 2.97. The van der Waals surface area contributed by atoms with E-state index >= 15 is 0 Å². The maximum atomic E-state index is 12.2. The Labute approximate surface area is 172 Å². The Morgan fingerprint density at radius 1 is 1.00 bits per heavy atom. The Hall–Kier alpha value is -3.13. The minimum atomic E-state index is -0.561. The SMILES string of the molecule is CSc1ccc(NC(=O)COC(=O)CCCN2C(=O)c3ccccc3C2=O)cc1. The summed E-state index contributed by atoms with van der Waals surface area (Å²) < 4.78 is 4.96. The van der Waals surface area contributed by atoms with Crippen molar-refractivity contribution in [1.29, 1.82) is 0 Å². The van der Waals surface area contributed by atoms with E-state index in [-0.39, 0.29) is 31.2 Å². The van der Waals surface area contributed by atoms with Gasteiger partial charge in [-0.15, -0.1) is 11.8 Å².